The van der Waals surface area contributed by atoms with Crippen LogP contribution in [0.2, 0.25) is 0 Å². The molecule has 1 atom stereocenters. The standard InChI is InChI=1S/C15H25N3/c1-11-8-12(2)15(13(3)9-11)14(16)10-18-6-4-17-5-7-18/h8-9,14,17H,4-7,10,16H2,1-3H3. The Balaban J connectivity index is 2.10. The summed E-state index contributed by atoms with van der Waals surface area (Å²) in [4.78, 5) is 2.46. The van der Waals surface area contributed by atoms with Crippen LogP contribution in [-0.2, 0) is 0 Å². The van der Waals surface area contributed by atoms with Gasteiger partial charge in [-0.05, 0) is 37.5 Å². The number of aryl methyl sites for hydroxylation is 3. The molecule has 3 nitrogen and oxygen atoms in total. The minimum absolute atomic E-state index is 0.128. The smallest absolute Gasteiger partial charge is 0.0429 e. The maximum atomic E-state index is 6.42. The van der Waals surface area contributed by atoms with Crippen LogP contribution in [0.5, 0.6) is 0 Å². The van der Waals surface area contributed by atoms with E-state index in [0.717, 1.165) is 32.7 Å². The van der Waals surface area contributed by atoms with Crippen LogP contribution in [0, 0.1) is 20.8 Å². The first-order valence-electron chi connectivity index (χ1n) is 6.84. The van der Waals surface area contributed by atoms with Crippen molar-refractivity contribution in [3.63, 3.8) is 0 Å². The van der Waals surface area contributed by atoms with Gasteiger partial charge >= 0.3 is 0 Å². The molecule has 1 aliphatic heterocycles. The fraction of sp³-hybridized carbons (Fsp3) is 0.600. The molecule has 0 spiro atoms. The lowest BCUT2D eigenvalue weighted by Gasteiger charge is -2.30. The fourth-order valence-corrected chi connectivity index (χ4v) is 3.04. The zero-order valence-corrected chi connectivity index (χ0v) is 11.8. The van der Waals surface area contributed by atoms with E-state index < -0.39 is 0 Å². The Hall–Kier alpha value is -0.900. The fourth-order valence-electron chi connectivity index (χ4n) is 3.04. The van der Waals surface area contributed by atoms with E-state index in [0.29, 0.717) is 0 Å². The van der Waals surface area contributed by atoms with Gasteiger partial charge in [-0.1, -0.05) is 17.7 Å². The molecule has 1 aliphatic rings. The third-order valence-corrected chi connectivity index (χ3v) is 3.77. The lowest BCUT2D eigenvalue weighted by atomic mass is 9.94. The summed E-state index contributed by atoms with van der Waals surface area (Å²) in [5.74, 6) is 0. The van der Waals surface area contributed by atoms with Crippen LogP contribution >= 0.6 is 0 Å². The topological polar surface area (TPSA) is 41.3 Å². The molecule has 100 valence electrons. The average molecular weight is 247 g/mol. The van der Waals surface area contributed by atoms with E-state index in [9.17, 15) is 0 Å². The summed E-state index contributed by atoms with van der Waals surface area (Å²) in [7, 11) is 0. The molecular formula is C15H25N3. The largest absolute Gasteiger partial charge is 0.323 e. The minimum Gasteiger partial charge on any atom is -0.323 e. The third kappa shape index (κ3) is 3.10. The number of nitrogens with zero attached hydrogens (tertiary/aromatic N) is 1. The van der Waals surface area contributed by atoms with Gasteiger partial charge in [-0.15, -0.1) is 0 Å². The van der Waals surface area contributed by atoms with Gasteiger partial charge < -0.3 is 11.1 Å². The van der Waals surface area contributed by atoms with E-state index in [1.807, 2.05) is 0 Å². The van der Waals surface area contributed by atoms with Crippen LogP contribution in [0.15, 0.2) is 12.1 Å². The van der Waals surface area contributed by atoms with Gasteiger partial charge in [-0.25, -0.2) is 0 Å². The number of rotatable bonds is 3. The van der Waals surface area contributed by atoms with Crippen LogP contribution in [0.1, 0.15) is 28.3 Å². The molecule has 1 unspecified atom stereocenters. The minimum atomic E-state index is 0.128. The van der Waals surface area contributed by atoms with E-state index in [4.69, 9.17) is 5.73 Å². The first-order chi connectivity index (χ1) is 8.58. The van der Waals surface area contributed by atoms with Crippen molar-refractivity contribution in [1.29, 1.82) is 0 Å². The number of benzene rings is 1. The van der Waals surface area contributed by atoms with Gasteiger partial charge in [0.05, 0.1) is 0 Å². The van der Waals surface area contributed by atoms with Crippen molar-refractivity contribution in [2.75, 3.05) is 32.7 Å². The highest BCUT2D eigenvalue weighted by Gasteiger charge is 2.17. The Morgan fingerprint density at radius 1 is 1.17 bits per heavy atom. The molecule has 1 heterocycles. The molecule has 1 aromatic rings. The highest BCUT2D eigenvalue weighted by atomic mass is 15.2. The third-order valence-electron chi connectivity index (χ3n) is 3.77. The summed E-state index contributed by atoms with van der Waals surface area (Å²) in [6.07, 6.45) is 0. The molecule has 0 aliphatic carbocycles. The van der Waals surface area contributed by atoms with Gasteiger partial charge in [0.2, 0.25) is 0 Å². The Labute approximate surface area is 110 Å². The van der Waals surface area contributed by atoms with Gasteiger partial charge in [0.25, 0.3) is 0 Å². The maximum absolute atomic E-state index is 6.42. The maximum Gasteiger partial charge on any atom is 0.0429 e. The quantitative estimate of drug-likeness (QED) is 0.851. The first kappa shape index (κ1) is 13.5. The van der Waals surface area contributed by atoms with E-state index in [1.54, 1.807) is 0 Å². The van der Waals surface area contributed by atoms with Crippen LogP contribution in [0.4, 0.5) is 0 Å². The van der Waals surface area contributed by atoms with Crippen molar-refractivity contribution in [2.45, 2.75) is 26.8 Å². The highest BCUT2D eigenvalue weighted by Crippen LogP contribution is 2.22. The highest BCUT2D eigenvalue weighted by molar-refractivity contribution is 5.39. The van der Waals surface area contributed by atoms with Crippen molar-refractivity contribution in [3.8, 4) is 0 Å². The summed E-state index contributed by atoms with van der Waals surface area (Å²) >= 11 is 0. The first-order valence-corrected chi connectivity index (χ1v) is 6.84. The molecule has 3 N–H and O–H groups in total. The second kappa shape index (κ2) is 5.83. The zero-order chi connectivity index (χ0) is 13.1. The molecule has 0 radical (unpaired) electrons. The van der Waals surface area contributed by atoms with Crippen molar-refractivity contribution in [2.24, 2.45) is 5.73 Å². The molecule has 1 fully saturated rings. The Morgan fingerprint density at radius 3 is 2.28 bits per heavy atom. The van der Waals surface area contributed by atoms with Crippen LogP contribution < -0.4 is 11.1 Å². The zero-order valence-electron chi connectivity index (χ0n) is 11.8. The summed E-state index contributed by atoms with van der Waals surface area (Å²) < 4.78 is 0. The number of piperazine rings is 1. The predicted octanol–water partition coefficient (Wildman–Crippen LogP) is 1.52. The van der Waals surface area contributed by atoms with E-state index in [2.05, 4.69) is 43.1 Å². The van der Waals surface area contributed by atoms with Crippen LogP contribution in [0.3, 0.4) is 0 Å². The van der Waals surface area contributed by atoms with E-state index >= 15 is 0 Å². The lowest BCUT2D eigenvalue weighted by Crippen LogP contribution is -2.46. The monoisotopic (exact) mass is 247 g/mol. The molecule has 2 rings (SSSR count). The van der Waals surface area contributed by atoms with Crippen LogP contribution in [-0.4, -0.2) is 37.6 Å². The summed E-state index contributed by atoms with van der Waals surface area (Å²) in [5.41, 5.74) is 11.7. The van der Waals surface area contributed by atoms with Gasteiger partial charge in [0, 0.05) is 38.8 Å². The van der Waals surface area contributed by atoms with Gasteiger partial charge in [0.1, 0.15) is 0 Å². The average Bonchev–Trinajstić information content (AvgIpc) is 2.28. The lowest BCUT2D eigenvalue weighted by molar-refractivity contribution is 0.227. The molecule has 18 heavy (non-hydrogen) atoms. The van der Waals surface area contributed by atoms with Crippen molar-refractivity contribution >= 4 is 0 Å². The van der Waals surface area contributed by atoms with Crippen molar-refractivity contribution < 1.29 is 0 Å². The van der Waals surface area contributed by atoms with Gasteiger partial charge in [0.15, 0.2) is 0 Å². The van der Waals surface area contributed by atoms with E-state index in [-0.39, 0.29) is 6.04 Å². The molecule has 0 bridgehead atoms. The molecule has 1 aromatic carbocycles. The van der Waals surface area contributed by atoms with E-state index in [1.165, 1.54) is 22.3 Å². The molecule has 1 saturated heterocycles. The molecule has 0 amide bonds. The summed E-state index contributed by atoms with van der Waals surface area (Å²) in [5, 5.41) is 3.38. The Bertz CT molecular complexity index is 385. The Kier molecular flexibility index (Phi) is 4.38. The molecular weight excluding hydrogens is 222 g/mol. The van der Waals surface area contributed by atoms with Crippen molar-refractivity contribution in [1.82, 2.24) is 10.2 Å². The predicted molar refractivity (Wildman–Crippen MR) is 76.9 cm³/mol. The normalized spacial score (nSPS) is 18.9. The van der Waals surface area contributed by atoms with Crippen molar-refractivity contribution in [3.05, 3.63) is 34.4 Å². The van der Waals surface area contributed by atoms with Gasteiger partial charge in [-0.2, -0.15) is 0 Å². The second-order valence-electron chi connectivity index (χ2n) is 5.47. The number of hydrogen-bond donors (Lipinski definition) is 2. The molecule has 0 saturated carbocycles. The number of hydrogen-bond acceptors (Lipinski definition) is 3. The molecule has 0 aromatic heterocycles. The van der Waals surface area contributed by atoms with Gasteiger partial charge in [-0.3, -0.25) is 4.90 Å². The summed E-state index contributed by atoms with van der Waals surface area (Å²) in [6, 6.07) is 4.60. The number of nitrogens with two attached hydrogens (primary N) is 1. The van der Waals surface area contributed by atoms with Crippen LogP contribution in [0.25, 0.3) is 0 Å². The second-order valence-corrected chi connectivity index (χ2v) is 5.47. The SMILES string of the molecule is Cc1cc(C)c(C(N)CN2CCNCC2)c(C)c1. The number of nitrogens with one attached hydrogen (secondary N) is 1. The Morgan fingerprint density at radius 2 is 1.72 bits per heavy atom. The molecule has 3 heteroatoms. The summed E-state index contributed by atoms with van der Waals surface area (Å²) in [6.45, 7) is 11.8.